The molecule has 0 aromatic heterocycles. The van der Waals surface area contributed by atoms with Crippen LogP contribution in [0.4, 0.5) is 0 Å². The van der Waals surface area contributed by atoms with Gasteiger partial charge in [0.25, 0.3) is 0 Å². The first-order valence-electron chi connectivity index (χ1n) is 8.73. The fraction of sp³-hybridized carbons (Fsp3) is 0.500. The minimum Gasteiger partial charge on any atom is -0.449 e. The molecule has 0 unspecified atom stereocenters. The van der Waals surface area contributed by atoms with E-state index in [1.807, 2.05) is 0 Å². The summed E-state index contributed by atoms with van der Waals surface area (Å²) in [5.41, 5.74) is 0.353. The number of ether oxygens (including phenoxy) is 4. The maximum atomic E-state index is 12.5. The molecule has 1 aromatic carbocycles. The molecule has 0 aliphatic carbocycles. The van der Waals surface area contributed by atoms with Crippen LogP contribution in [-0.4, -0.2) is 36.5 Å². The quantitative estimate of drug-likeness (QED) is 0.728. The maximum absolute atomic E-state index is 12.5. The predicted molar refractivity (Wildman–Crippen MR) is 98.7 cm³/mol. The molecule has 2 aliphatic heterocycles. The number of benzene rings is 1. The van der Waals surface area contributed by atoms with Gasteiger partial charge in [0.15, 0.2) is 11.9 Å². The highest BCUT2D eigenvalue weighted by atomic mass is 35.5. The van der Waals surface area contributed by atoms with Crippen molar-refractivity contribution in [2.75, 3.05) is 6.61 Å². The molecule has 1 saturated heterocycles. The van der Waals surface area contributed by atoms with Gasteiger partial charge < -0.3 is 18.9 Å². The van der Waals surface area contributed by atoms with E-state index in [2.05, 4.69) is 0 Å². The number of carbonyl (C=O) groups is 2. The van der Waals surface area contributed by atoms with E-state index < -0.39 is 35.3 Å². The van der Waals surface area contributed by atoms with Crippen LogP contribution in [-0.2, 0) is 28.5 Å². The minimum absolute atomic E-state index is 0.115. The van der Waals surface area contributed by atoms with Gasteiger partial charge >= 0.3 is 11.9 Å². The molecule has 0 radical (unpaired) electrons. The Morgan fingerprint density at radius 1 is 1.22 bits per heavy atom. The van der Waals surface area contributed by atoms with Gasteiger partial charge in [0, 0.05) is 5.02 Å². The Morgan fingerprint density at radius 3 is 2.37 bits per heavy atom. The molecule has 0 spiro atoms. The van der Waals surface area contributed by atoms with Gasteiger partial charge in [0.05, 0.1) is 17.6 Å². The zero-order chi connectivity index (χ0) is 20.0. The summed E-state index contributed by atoms with van der Waals surface area (Å²) in [6.07, 6.45) is -1.26. The largest absolute Gasteiger partial charge is 0.449 e. The van der Waals surface area contributed by atoms with E-state index in [9.17, 15) is 9.59 Å². The van der Waals surface area contributed by atoms with Gasteiger partial charge in [-0.2, -0.15) is 0 Å². The molecule has 146 valence electrons. The van der Waals surface area contributed by atoms with Crippen molar-refractivity contribution in [1.29, 1.82) is 0 Å². The summed E-state index contributed by atoms with van der Waals surface area (Å²) < 4.78 is 22.5. The second-order valence-corrected chi connectivity index (χ2v) is 8.52. The van der Waals surface area contributed by atoms with Crippen LogP contribution in [0.15, 0.2) is 30.0 Å². The molecule has 0 N–H and O–H groups in total. The SMILES string of the molecule is CC1(C)OC[C@@H]([C@@H]2OC(=O)C(OC(=O)C(C)(C)C)=C2c2ccc(Cl)cc2)O1. The van der Waals surface area contributed by atoms with Gasteiger partial charge in [-0.05, 0) is 52.3 Å². The Kier molecular flexibility index (Phi) is 5.10. The molecule has 2 heterocycles. The summed E-state index contributed by atoms with van der Waals surface area (Å²) in [5, 5.41) is 0.552. The maximum Gasteiger partial charge on any atom is 0.375 e. The van der Waals surface area contributed by atoms with Gasteiger partial charge in [0.2, 0.25) is 5.76 Å². The number of cyclic esters (lactones) is 1. The zero-order valence-electron chi connectivity index (χ0n) is 16.0. The summed E-state index contributed by atoms with van der Waals surface area (Å²) in [6, 6.07) is 6.89. The smallest absolute Gasteiger partial charge is 0.375 e. The zero-order valence-corrected chi connectivity index (χ0v) is 16.8. The summed E-state index contributed by atoms with van der Waals surface area (Å²) in [5.74, 6) is -2.12. The summed E-state index contributed by atoms with van der Waals surface area (Å²) in [6.45, 7) is 8.97. The van der Waals surface area contributed by atoms with Gasteiger partial charge in [0.1, 0.15) is 6.10 Å². The highest BCUT2D eigenvalue weighted by Gasteiger charge is 2.48. The van der Waals surface area contributed by atoms with Crippen LogP contribution in [0, 0.1) is 5.41 Å². The Balaban J connectivity index is 2.03. The molecule has 27 heavy (non-hydrogen) atoms. The van der Waals surface area contributed by atoms with Crippen molar-refractivity contribution in [3.05, 3.63) is 40.6 Å². The lowest BCUT2D eigenvalue weighted by Crippen LogP contribution is -2.32. The summed E-state index contributed by atoms with van der Waals surface area (Å²) in [7, 11) is 0. The van der Waals surface area contributed by atoms with E-state index in [0.29, 0.717) is 16.2 Å². The Morgan fingerprint density at radius 2 is 1.85 bits per heavy atom. The molecule has 1 aromatic rings. The lowest BCUT2D eigenvalue weighted by atomic mass is 9.96. The number of hydrogen-bond acceptors (Lipinski definition) is 6. The first-order valence-corrected chi connectivity index (χ1v) is 9.11. The highest BCUT2D eigenvalue weighted by molar-refractivity contribution is 6.30. The first kappa shape index (κ1) is 19.9. The molecule has 0 saturated carbocycles. The lowest BCUT2D eigenvalue weighted by Gasteiger charge is -2.22. The van der Waals surface area contributed by atoms with Crippen molar-refractivity contribution < 1.29 is 28.5 Å². The summed E-state index contributed by atoms with van der Waals surface area (Å²) >= 11 is 5.98. The first-order chi connectivity index (χ1) is 12.5. The van der Waals surface area contributed by atoms with Crippen LogP contribution in [0.1, 0.15) is 40.2 Å². The average molecular weight is 395 g/mol. The van der Waals surface area contributed by atoms with E-state index in [-0.39, 0.29) is 12.4 Å². The van der Waals surface area contributed by atoms with Crippen molar-refractivity contribution in [2.45, 2.75) is 52.6 Å². The topological polar surface area (TPSA) is 71.1 Å². The van der Waals surface area contributed by atoms with Crippen molar-refractivity contribution >= 4 is 29.1 Å². The molecule has 1 fully saturated rings. The number of esters is 2. The van der Waals surface area contributed by atoms with E-state index in [0.717, 1.165) is 0 Å². The van der Waals surface area contributed by atoms with Crippen molar-refractivity contribution in [3.8, 4) is 0 Å². The normalized spacial score (nSPS) is 24.9. The number of carbonyl (C=O) groups excluding carboxylic acids is 2. The predicted octanol–water partition coefficient (Wildman–Crippen LogP) is 3.72. The number of rotatable bonds is 3. The van der Waals surface area contributed by atoms with Crippen molar-refractivity contribution in [3.63, 3.8) is 0 Å². The number of hydrogen-bond donors (Lipinski definition) is 0. The molecule has 7 heteroatoms. The Labute approximate surface area is 163 Å². The monoisotopic (exact) mass is 394 g/mol. The molecule has 2 aliphatic rings. The Hall–Kier alpha value is -1.89. The summed E-state index contributed by atoms with van der Waals surface area (Å²) in [4.78, 5) is 24.9. The standard InChI is InChI=1S/C20H23ClO6/c1-19(2,3)18(23)26-16-14(11-6-8-12(21)9-7-11)15(25-17(16)22)13-10-24-20(4,5)27-13/h6-9,13,15H,10H2,1-5H3/t13-,15-/m0/s1. The van der Waals surface area contributed by atoms with Crippen LogP contribution in [0.2, 0.25) is 5.02 Å². The van der Waals surface area contributed by atoms with Gasteiger partial charge in [-0.15, -0.1) is 0 Å². The van der Waals surface area contributed by atoms with E-state index >= 15 is 0 Å². The third kappa shape index (κ3) is 4.18. The van der Waals surface area contributed by atoms with Crippen molar-refractivity contribution in [1.82, 2.24) is 0 Å². The molecule has 2 atom stereocenters. The lowest BCUT2D eigenvalue weighted by molar-refractivity contribution is -0.163. The van der Waals surface area contributed by atoms with Crippen LogP contribution < -0.4 is 0 Å². The van der Waals surface area contributed by atoms with Crippen LogP contribution in [0.5, 0.6) is 0 Å². The molecular formula is C20H23ClO6. The van der Waals surface area contributed by atoms with Crippen LogP contribution >= 0.6 is 11.6 Å². The minimum atomic E-state index is -0.785. The molecular weight excluding hydrogens is 372 g/mol. The van der Waals surface area contributed by atoms with Gasteiger partial charge in [-0.1, -0.05) is 23.7 Å². The third-order valence-electron chi connectivity index (χ3n) is 4.28. The van der Waals surface area contributed by atoms with E-state index in [1.165, 1.54) is 0 Å². The molecule has 0 bridgehead atoms. The fourth-order valence-electron chi connectivity index (χ4n) is 2.86. The molecule has 0 amide bonds. The number of halogens is 1. The Bertz CT molecular complexity index is 788. The third-order valence-corrected chi connectivity index (χ3v) is 4.53. The highest BCUT2D eigenvalue weighted by Crippen LogP contribution is 2.39. The second-order valence-electron chi connectivity index (χ2n) is 8.08. The van der Waals surface area contributed by atoms with E-state index in [1.54, 1.807) is 58.9 Å². The molecule has 3 rings (SSSR count). The van der Waals surface area contributed by atoms with E-state index in [4.69, 9.17) is 30.5 Å². The average Bonchev–Trinajstić information content (AvgIpc) is 3.08. The molecule has 6 nitrogen and oxygen atoms in total. The second kappa shape index (κ2) is 6.93. The van der Waals surface area contributed by atoms with Gasteiger partial charge in [-0.3, -0.25) is 4.79 Å². The van der Waals surface area contributed by atoms with Crippen LogP contribution in [0.3, 0.4) is 0 Å². The fourth-order valence-corrected chi connectivity index (χ4v) is 2.99. The van der Waals surface area contributed by atoms with Crippen molar-refractivity contribution in [2.24, 2.45) is 5.41 Å². The van der Waals surface area contributed by atoms with Crippen LogP contribution in [0.25, 0.3) is 5.57 Å². The van der Waals surface area contributed by atoms with Gasteiger partial charge in [-0.25, -0.2) is 4.79 Å².